The number of rotatable bonds is 6. The van der Waals surface area contributed by atoms with E-state index in [0.717, 1.165) is 12.8 Å². The van der Waals surface area contributed by atoms with Crippen LogP contribution < -0.4 is 5.32 Å². The Bertz CT molecular complexity index is 636. The summed E-state index contributed by atoms with van der Waals surface area (Å²) in [7, 11) is 0. The van der Waals surface area contributed by atoms with E-state index >= 15 is 0 Å². The monoisotopic (exact) mass is 319 g/mol. The van der Waals surface area contributed by atoms with Gasteiger partial charge in [-0.1, -0.05) is 72.3 Å². The lowest BCUT2D eigenvalue weighted by molar-refractivity contribution is -0.121. The Kier molecular flexibility index (Phi) is 5.84. The maximum absolute atomic E-state index is 12.5. The number of allylic oxidation sites excluding steroid dienone is 1. The second-order valence-corrected chi connectivity index (χ2v) is 6.46. The molecule has 0 bridgehead atoms. The fourth-order valence-corrected chi connectivity index (χ4v) is 3.33. The third-order valence-electron chi connectivity index (χ3n) is 4.69. The third-order valence-corrected chi connectivity index (χ3v) is 4.69. The Labute approximate surface area is 144 Å². The van der Waals surface area contributed by atoms with Gasteiger partial charge in [0.1, 0.15) is 0 Å². The van der Waals surface area contributed by atoms with Crippen molar-refractivity contribution < 1.29 is 4.79 Å². The van der Waals surface area contributed by atoms with Crippen LogP contribution in [0.2, 0.25) is 0 Å². The van der Waals surface area contributed by atoms with Crippen LogP contribution in [-0.4, -0.2) is 12.5 Å². The molecule has 0 unspecified atom stereocenters. The van der Waals surface area contributed by atoms with Gasteiger partial charge in [-0.25, -0.2) is 0 Å². The zero-order valence-electron chi connectivity index (χ0n) is 14.1. The SMILES string of the molecule is O=C(CC(c1ccccc1)c1ccccc1)NCC1=CCCCC1. The van der Waals surface area contributed by atoms with Crippen LogP contribution in [0, 0.1) is 0 Å². The van der Waals surface area contributed by atoms with Crippen molar-refractivity contribution in [2.45, 2.75) is 38.0 Å². The van der Waals surface area contributed by atoms with Crippen LogP contribution >= 0.6 is 0 Å². The number of hydrogen-bond donors (Lipinski definition) is 1. The lowest BCUT2D eigenvalue weighted by Crippen LogP contribution is -2.27. The number of nitrogens with one attached hydrogen (secondary N) is 1. The zero-order chi connectivity index (χ0) is 16.6. The largest absolute Gasteiger partial charge is 0.352 e. The van der Waals surface area contributed by atoms with Gasteiger partial charge >= 0.3 is 0 Å². The van der Waals surface area contributed by atoms with Gasteiger partial charge < -0.3 is 5.32 Å². The standard InChI is InChI=1S/C22H25NO/c24-22(23-17-18-10-4-1-5-11-18)16-21(19-12-6-2-7-13-19)20-14-8-3-9-15-20/h2-3,6-10,12-15,21H,1,4-5,11,16-17H2,(H,23,24). The van der Waals surface area contributed by atoms with E-state index in [1.54, 1.807) is 0 Å². The zero-order valence-corrected chi connectivity index (χ0v) is 14.1. The van der Waals surface area contributed by atoms with Gasteiger partial charge in [-0.3, -0.25) is 4.79 Å². The van der Waals surface area contributed by atoms with E-state index in [4.69, 9.17) is 0 Å². The van der Waals surface area contributed by atoms with Crippen LogP contribution in [0.1, 0.15) is 49.1 Å². The molecule has 2 aromatic carbocycles. The molecular formula is C22H25NO. The maximum atomic E-state index is 12.5. The van der Waals surface area contributed by atoms with Crippen LogP contribution in [0.3, 0.4) is 0 Å². The van der Waals surface area contributed by atoms with Crippen molar-refractivity contribution in [1.29, 1.82) is 0 Å². The van der Waals surface area contributed by atoms with Crippen molar-refractivity contribution in [3.05, 3.63) is 83.4 Å². The molecule has 3 rings (SSSR count). The van der Waals surface area contributed by atoms with Crippen molar-refractivity contribution in [1.82, 2.24) is 5.32 Å². The van der Waals surface area contributed by atoms with Gasteiger partial charge in [0.25, 0.3) is 0 Å². The Morgan fingerprint density at radius 3 is 2.08 bits per heavy atom. The fraction of sp³-hybridized carbons (Fsp3) is 0.318. The van der Waals surface area contributed by atoms with Gasteiger partial charge in [-0.2, -0.15) is 0 Å². The minimum Gasteiger partial charge on any atom is -0.352 e. The van der Waals surface area contributed by atoms with E-state index < -0.39 is 0 Å². The Hall–Kier alpha value is -2.35. The van der Waals surface area contributed by atoms with Gasteiger partial charge in [0, 0.05) is 18.9 Å². The number of benzene rings is 2. The van der Waals surface area contributed by atoms with E-state index in [9.17, 15) is 4.79 Å². The Balaban J connectivity index is 1.67. The van der Waals surface area contributed by atoms with Crippen molar-refractivity contribution in [3.63, 3.8) is 0 Å². The lowest BCUT2D eigenvalue weighted by Gasteiger charge is -2.19. The molecule has 0 aromatic heterocycles. The van der Waals surface area contributed by atoms with Crippen molar-refractivity contribution in [2.75, 3.05) is 6.54 Å². The molecule has 124 valence electrons. The highest BCUT2D eigenvalue weighted by Gasteiger charge is 2.18. The molecule has 1 N–H and O–H groups in total. The molecule has 0 radical (unpaired) electrons. The first-order valence-electron chi connectivity index (χ1n) is 8.87. The summed E-state index contributed by atoms with van der Waals surface area (Å²) in [5, 5.41) is 3.12. The molecule has 2 heteroatoms. The van der Waals surface area contributed by atoms with Crippen LogP contribution in [0.4, 0.5) is 0 Å². The van der Waals surface area contributed by atoms with E-state index in [1.807, 2.05) is 36.4 Å². The van der Waals surface area contributed by atoms with E-state index in [2.05, 4.69) is 35.7 Å². The smallest absolute Gasteiger partial charge is 0.221 e. The average molecular weight is 319 g/mol. The predicted octanol–water partition coefficient (Wildman–Crippen LogP) is 4.83. The first kappa shape index (κ1) is 16.5. The molecule has 24 heavy (non-hydrogen) atoms. The van der Waals surface area contributed by atoms with Crippen molar-refractivity contribution >= 4 is 5.91 Å². The first-order chi connectivity index (χ1) is 11.8. The number of carbonyl (C=O) groups excluding carboxylic acids is 1. The summed E-state index contributed by atoms with van der Waals surface area (Å²) < 4.78 is 0. The summed E-state index contributed by atoms with van der Waals surface area (Å²) in [4.78, 5) is 12.5. The highest BCUT2D eigenvalue weighted by atomic mass is 16.1. The molecule has 1 aliphatic rings. The minimum atomic E-state index is 0.104. The molecule has 0 saturated carbocycles. The van der Waals surface area contributed by atoms with E-state index in [1.165, 1.54) is 29.5 Å². The van der Waals surface area contributed by atoms with Gasteiger partial charge in [-0.05, 0) is 36.8 Å². The average Bonchev–Trinajstić information content (AvgIpc) is 2.67. The molecule has 1 amide bonds. The third kappa shape index (κ3) is 4.58. The molecule has 0 saturated heterocycles. The Morgan fingerprint density at radius 1 is 0.917 bits per heavy atom. The van der Waals surface area contributed by atoms with Crippen LogP contribution in [0.5, 0.6) is 0 Å². The molecule has 0 atom stereocenters. The van der Waals surface area contributed by atoms with Crippen molar-refractivity contribution in [3.8, 4) is 0 Å². The molecule has 0 aliphatic heterocycles. The van der Waals surface area contributed by atoms with Gasteiger partial charge in [0.15, 0.2) is 0 Å². The van der Waals surface area contributed by atoms with Gasteiger partial charge in [0.05, 0.1) is 0 Å². The Morgan fingerprint density at radius 2 is 1.54 bits per heavy atom. The van der Waals surface area contributed by atoms with Crippen LogP contribution in [0.25, 0.3) is 0 Å². The number of amides is 1. The molecule has 0 spiro atoms. The van der Waals surface area contributed by atoms with Crippen LogP contribution in [-0.2, 0) is 4.79 Å². The summed E-state index contributed by atoms with van der Waals surface area (Å²) >= 11 is 0. The van der Waals surface area contributed by atoms with Crippen molar-refractivity contribution in [2.24, 2.45) is 0 Å². The number of carbonyl (C=O) groups is 1. The van der Waals surface area contributed by atoms with Gasteiger partial charge in [-0.15, -0.1) is 0 Å². The van der Waals surface area contributed by atoms with Crippen LogP contribution in [0.15, 0.2) is 72.3 Å². The molecule has 0 fully saturated rings. The van der Waals surface area contributed by atoms with E-state index in [0.29, 0.717) is 13.0 Å². The quantitative estimate of drug-likeness (QED) is 0.760. The predicted molar refractivity (Wildman–Crippen MR) is 98.9 cm³/mol. The summed E-state index contributed by atoms with van der Waals surface area (Å²) in [5.74, 6) is 0.229. The summed E-state index contributed by atoms with van der Waals surface area (Å²) in [6.45, 7) is 0.704. The lowest BCUT2D eigenvalue weighted by atomic mass is 9.88. The highest BCUT2D eigenvalue weighted by Crippen LogP contribution is 2.27. The minimum absolute atomic E-state index is 0.104. The first-order valence-corrected chi connectivity index (χ1v) is 8.87. The molecule has 0 heterocycles. The maximum Gasteiger partial charge on any atom is 0.221 e. The normalized spacial score (nSPS) is 14.3. The van der Waals surface area contributed by atoms with Gasteiger partial charge in [0.2, 0.25) is 5.91 Å². The topological polar surface area (TPSA) is 29.1 Å². The molecular weight excluding hydrogens is 294 g/mol. The summed E-state index contributed by atoms with van der Waals surface area (Å²) in [6, 6.07) is 20.6. The molecule has 2 nitrogen and oxygen atoms in total. The molecule has 2 aromatic rings. The summed E-state index contributed by atoms with van der Waals surface area (Å²) in [5.41, 5.74) is 3.76. The summed E-state index contributed by atoms with van der Waals surface area (Å²) in [6.07, 6.45) is 7.58. The van der Waals surface area contributed by atoms with E-state index in [-0.39, 0.29) is 11.8 Å². The highest BCUT2D eigenvalue weighted by molar-refractivity contribution is 5.77. The number of hydrogen-bond acceptors (Lipinski definition) is 1. The second kappa shape index (κ2) is 8.49. The fourth-order valence-electron chi connectivity index (χ4n) is 3.33. The molecule has 1 aliphatic carbocycles. The second-order valence-electron chi connectivity index (χ2n) is 6.46.